The molecular weight excluding hydrogens is 368 g/mol. The van der Waals surface area contributed by atoms with Gasteiger partial charge in [-0.25, -0.2) is 4.98 Å². The molecule has 7 nitrogen and oxygen atoms in total. The lowest BCUT2D eigenvalue weighted by Gasteiger charge is -2.20. The average molecular weight is 392 g/mol. The number of nitrogens with zero attached hydrogens (tertiary/aromatic N) is 4. The average Bonchev–Trinajstić information content (AvgIpc) is 3.43. The van der Waals surface area contributed by atoms with E-state index in [1.165, 1.54) is 5.52 Å². The van der Waals surface area contributed by atoms with E-state index in [2.05, 4.69) is 27.6 Å². The molecule has 150 valence electrons. The zero-order valence-corrected chi connectivity index (χ0v) is 16.5. The molecular formula is C22H24N4O3. The predicted octanol–water partition coefficient (Wildman–Crippen LogP) is 2.74. The summed E-state index contributed by atoms with van der Waals surface area (Å²) >= 11 is 0. The van der Waals surface area contributed by atoms with E-state index in [9.17, 15) is 4.79 Å². The van der Waals surface area contributed by atoms with Gasteiger partial charge in [0, 0.05) is 31.7 Å². The van der Waals surface area contributed by atoms with Crippen molar-refractivity contribution >= 4 is 16.9 Å². The van der Waals surface area contributed by atoms with Gasteiger partial charge in [-0.3, -0.25) is 4.79 Å². The van der Waals surface area contributed by atoms with Crippen molar-refractivity contribution < 1.29 is 14.3 Å². The van der Waals surface area contributed by atoms with Gasteiger partial charge in [-0.2, -0.15) is 0 Å². The highest BCUT2D eigenvalue weighted by Gasteiger charge is 2.30. The van der Waals surface area contributed by atoms with Crippen LogP contribution < -0.4 is 9.47 Å². The van der Waals surface area contributed by atoms with Crippen molar-refractivity contribution in [3.63, 3.8) is 0 Å². The van der Waals surface area contributed by atoms with Crippen LogP contribution in [0.3, 0.4) is 0 Å². The standard InChI is InChI=1S/C22H24N4O3/c1-24(9-10-26-14-23-18-5-2-3-6-19(18)26)7-4-8-25-13-16-11-20-21(29-15-28-20)12-17(16)22(25)27/h2-3,5-6,11-12,14H,4,7-10,13,15H2,1H3. The smallest absolute Gasteiger partial charge is 0.254 e. The van der Waals surface area contributed by atoms with E-state index < -0.39 is 0 Å². The van der Waals surface area contributed by atoms with Crippen LogP contribution in [-0.2, 0) is 13.1 Å². The molecule has 7 heteroatoms. The molecule has 29 heavy (non-hydrogen) atoms. The zero-order chi connectivity index (χ0) is 19.8. The highest BCUT2D eigenvalue weighted by molar-refractivity contribution is 5.99. The number of hydrogen-bond acceptors (Lipinski definition) is 5. The Bertz CT molecular complexity index is 1060. The second kappa shape index (κ2) is 7.40. The number of amides is 1. The maximum atomic E-state index is 12.7. The second-order valence-corrected chi connectivity index (χ2v) is 7.67. The summed E-state index contributed by atoms with van der Waals surface area (Å²) in [5, 5.41) is 0. The van der Waals surface area contributed by atoms with Crippen LogP contribution in [0.5, 0.6) is 11.5 Å². The van der Waals surface area contributed by atoms with Gasteiger partial charge in [0.1, 0.15) is 0 Å². The highest BCUT2D eigenvalue weighted by atomic mass is 16.7. The second-order valence-electron chi connectivity index (χ2n) is 7.67. The molecule has 0 fully saturated rings. The van der Waals surface area contributed by atoms with Crippen molar-refractivity contribution in [1.82, 2.24) is 19.4 Å². The van der Waals surface area contributed by atoms with Crippen LogP contribution in [0.25, 0.3) is 11.0 Å². The quantitative estimate of drug-likeness (QED) is 0.619. The third-order valence-electron chi connectivity index (χ3n) is 5.70. The normalized spacial score (nSPS) is 15.0. The monoisotopic (exact) mass is 392 g/mol. The molecule has 1 amide bonds. The fourth-order valence-corrected chi connectivity index (χ4v) is 4.05. The minimum absolute atomic E-state index is 0.0887. The molecule has 0 saturated carbocycles. The third kappa shape index (κ3) is 3.42. The van der Waals surface area contributed by atoms with Gasteiger partial charge in [0.25, 0.3) is 5.91 Å². The predicted molar refractivity (Wildman–Crippen MR) is 109 cm³/mol. The van der Waals surface area contributed by atoms with Crippen LogP contribution in [0.4, 0.5) is 0 Å². The number of likely N-dealkylation sites (N-methyl/N-ethyl adjacent to an activating group) is 1. The Morgan fingerprint density at radius 3 is 2.83 bits per heavy atom. The van der Waals surface area contributed by atoms with E-state index in [0.717, 1.165) is 55.0 Å². The van der Waals surface area contributed by atoms with Crippen molar-refractivity contribution in [2.75, 3.05) is 33.5 Å². The molecule has 3 aromatic rings. The molecule has 2 aliphatic rings. The van der Waals surface area contributed by atoms with E-state index >= 15 is 0 Å². The number of hydrogen-bond donors (Lipinski definition) is 0. The number of benzene rings is 2. The molecule has 0 N–H and O–H groups in total. The number of rotatable bonds is 7. The fraction of sp³-hybridized carbons (Fsp3) is 0.364. The van der Waals surface area contributed by atoms with Crippen molar-refractivity contribution in [3.05, 3.63) is 53.9 Å². The summed E-state index contributed by atoms with van der Waals surface area (Å²) in [6, 6.07) is 12.0. The van der Waals surface area contributed by atoms with Gasteiger partial charge in [-0.1, -0.05) is 12.1 Å². The third-order valence-corrected chi connectivity index (χ3v) is 5.70. The number of carbonyl (C=O) groups excluding carboxylic acids is 1. The summed E-state index contributed by atoms with van der Waals surface area (Å²) in [5.74, 6) is 1.50. The molecule has 3 heterocycles. The molecule has 0 aliphatic carbocycles. The van der Waals surface area contributed by atoms with Crippen molar-refractivity contribution in [1.29, 1.82) is 0 Å². The van der Waals surface area contributed by atoms with E-state index in [1.54, 1.807) is 0 Å². The number of carbonyl (C=O) groups is 1. The van der Waals surface area contributed by atoms with Gasteiger partial charge in [0.05, 0.1) is 17.4 Å². The molecule has 0 saturated heterocycles. The van der Waals surface area contributed by atoms with Crippen LogP contribution in [0.2, 0.25) is 0 Å². The molecule has 0 bridgehead atoms. The Kier molecular flexibility index (Phi) is 4.60. The van der Waals surface area contributed by atoms with E-state index in [1.807, 2.05) is 41.6 Å². The summed E-state index contributed by atoms with van der Waals surface area (Å²) in [6.45, 7) is 4.41. The Morgan fingerprint density at radius 1 is 1.10 bits per heavy atom. The number of ether oxygens (including phenoxy) is 2. The first kappa shape index (κ1) is 18.0. The molecule has 0 radical (unpaired) electrons. The number of para-hydroxylation sites is 2. The fourth-order valence-electron chi connectivity index (χ4n) is 4.05. The molecule has 5 rings (SSSR count). The highest BCUT2D eigenvalue weighted by Crippen LogP contribution is 2.38. The summed E-state index contributed by atoms with van der Waals surface area (Å²) < 4.78 is 13.0. The lowest BCUT2D eigenvalue weighted by molar-refractivity contribution is 0.0771. The Labute approximate surface area is 169 Å². The first-order valence-corrected chi connectivity index (χ1v) is 9.99. The van der Waals surface area contributed by atoms with E-state index in [-0.39, 0.29) is 12.7 Å². The van der Waals surface area contributed by atoms with Crippen LogP contribution in [0, 0.1) is 0 Å². The summed E-state index contributed by atoms with van der Waals surface area (Å²) in [4.78, 5) is 21.3. The SMILES string of the molecule is CN(CCCN1Cc2cc3c(cc2C1=O)OCO3)CCn1cnc2ccccc21. The first-order chi connectivity index (χ1) is 14.2. The van der Waals surface area contributed by atoms with E-state index in [4.69, 9.17) is 9.47 Å². The van der Waals surface area contributed by atoms with Gasteiger partial charge in [0.15, 0.2) is 11.5 Å². The van der Waals surface area contributed by atoms with Crippen LogP contribution >= 0.6 is 0 Å². The number of imidazole rings is 1. The summed E-state index contributed by atoms with van der Waals surface area (Å²) in [6.07, 6.45) is 2.84. The van der Waals surface area contributed by atoms with Gasteiger partial charge in [0.2, 0.25) is 6.79 Å². The van der Waals surface area contributed by atoms with Crippen molar-refractivity contribution in [2.45, 2.75) is 19.5 Å². The molecule has 1 aromatic heterocycles. The summed E-state index contributed by atoms with van der Waals surface area (Å²) in [7, 11) is 2.12. The number of fused-ring (bicyclic) bond motifs is 3. The summed E-state index contributed by atoms with van der Waals surface area (Å²) in [5.41, 5.74) is 3.97. The maximum Gasteiger partial charge on any atom is 0.254 e. The van der Waals surface area contributed by atoms with Crippen molar-refractivity contribution in [3.8, 4) is 11.5 Å². The van der Waals surface area contributed by atoms with Gasteiger partial charge in [-0.15, -0.1) is 0 Å². The maximum absolute atomic E-state index is 12.7. The van der Waals surface area contributed by atoms with Crippen LogP contribution in [-0.4, -0.2) is 58.7 Å². The van der Waals surface area contributed by atoms with Gasteiger partial charge in [-0.05, 0) is 49.8 Å². The molecule has 0 spiro atoms. The Balaban J connectivity index is 1.11. The number of aromatic nitrogens is 2. The Morgan fingerprint density at radius 2 is 1.93 bits per heavy atom. The van der Waals surface area contributed by atoms with Gasteiger partial charge < -0.3 is 23.8 Å². The minimum atomic E-state index is 0.0887. The largest absolute Gasteiger partial charge is 0.454 e. The van der Waals surface area contributed by atoms with E-state index in [0.29, 0.717) is 12.3 Å². The lowest BCUT2D eigenvalue weighted by Crippen LogP contribution is -2.30. The first-order valence-electron chi connectivity index (χ1n) is 9.99. The van der Waals surface area contributed by atoms with Crippen molar-refractivity contribution in [2.24, 2.45) is 0 Å². The van der Waals surface area contributed by atoms with Gasteiger partial charge >= 0.3 is 0 Å². The molecule has 0 unspecified atom stereocenters. The molecule has 2 aromatic carbocycles. The topological polar surface area (TPSA) is 59.8 Å². The molecule has 0 atom stereocenters. The Hall–Kier alpha value is -3.06. The lowest BCUT2D eigenvalue weighted by atomic mass is 10.1. The minimum Gasteiger partial charge on any atom is -0.454 e. The zero-order valence-electron chi connectivity index (χ0n) is 16.5. The molecule has 2 aliphatic heterocycles. The van der Waals surface area contributed by atoms with Crippen LogP contribution in [0.15, 0.2) is 42.7 Å². The van der Waals surface area contributed by atoms with Crippen LogP contribution in [0.1, 0.15) is 22.3 Å².